The fourth-order valence-electron chi connectivity index (χ4n) is 1.53. The predicted octanol–water partition coefficient (Wildman–Crippen LogP) is 0.845. The first-order valence-corrected chi connectivity index (χ1v) is 4.98. The van der Waals surface area contributed by atoms with Crippen LogP contribution in [0.5, 0.6) is 11.6 Å². The van der Waals surface area contributed by atoms with Crippen molar-refractivity contribution in [1.29, 1.82) is 0 Å². The van der Waals surface area contributed by atoms with Crippen LogP contribution in [0, 0.1) is 0 Å². The number of nitrogens with zero attached hydrogens (tertiary/aromatic N) is 2. The molecular weight excluding hydrogens is 206 g/mol. The fourth-order valence-corrected chi connectivity index (χ4v) is 1.53. The molecule has 0 amide bonds. The summed E-state index contributed by atoms with van der Waals surface area (Å²) in [6, 6.07) is 4.89. The zero-order valence-electron chi connectivity index (χ0n) is 8.97. The number of phenols is 1. The van der Waals surface area contributed by atoms with Gasteiger partial charge in [-0.15, -0.1) is 0 Å². The van der Waals surface area contributed by atoms with E-state index in [9.17, 15) is 5.11 Å². The van der Waals surface area contributed by atoms with Crippen LogP contribution < -0.4 is 10.5 Å². The van der Waals surface area contributed by atoms with E-state index in [4.69, 9.17) is 10.5 Å². The number of fused-ring (bicyclic) bond motifs is 1. The van der Waals surface area contributed by atoms with Crippen molar-refractivity contribution in [2.45, 2.75) is 6.42 Å². The molecule has 84 valence electrons. The van der Waals surface area contributed by atoms with E-state index in [-0.39, 0.29) is 5.75 Å². The number of phenolic OH excluding ortho intramolecular Hbond substituents is 1. The van der Waals surface area contributed by atoms with Gasteiger partial charge in [0.05, 0.1) is 18.0 Å². The van der Waals surface area contributed by atoms with E-state index >= 15 is 0 Å². The maximum absolute atomic E-state index is 9.39. The Labute approximate surface area is 92.9 Å². The molecule has 1 aromatic heterocycles. The number of ether oxygens (including phenoxy) is 1. The molecule has 5 nitrogen and oxygen atoms in total. The van der Waals surface area contributed by atoms with Gasteiger partial charge < -0.3 is 15.6 Å². The first-order valence-electron chi connectivity index (χ1n) is 4.98. The highest BCUT2D eigenvalue weighted by molar-refractivity contribution is 5.84. The largest absolute Gasteiger partial charge is 0.508 e. The molecule has 1 heterocycles. The molecule has 0 fully saturated rings. The average Bonchev–Trinajstić information content (AvgIpc) is 2.27. The van der Waals surface area contributed by atoms with Gasteiger partial charge in [-0.25, -0.2) is 4.98 Å². The standard InChI is InChI=1S/C11H13N3O2/c1-16-11-8-3-2-7(15)6-9(8)13-10(14-11)4-5-12/h2-3,6,15H,4-5,12H2,1H3. The second kappa shape index (κ2) is 4.32. The van der Waals surface area contributed by atoms with Gasteiger partial charge in [-0.05, 0) is 18.7 Å². The second-order valence-corrected chi connectivity index (χ2v) is 3.39. The van der Waals surface area contributed by atoms with E-state index in [2.05, 4.69) is 9.97 Å². The second-order valence-electron chi connectivity index (χ2n) is 3.39. The molecule has 0 aliphatic heterocycles. The van der Waals surface area contributed by atoms with E-state index in [1.54, 1.807) is 25.3 Å². The van der Waals surface area contributed by atoms with Gasteiger partial charge in [-0.2, -0.15) is 4.98 Å². The molecule has 3 N–H and O–H groups in total. The van der Waals surface area contributed by atoms with E-state index in [0.717, 1.165) is 5.39 Å². The smallest absolute Gasteiger partial charge is 0.224 e. The summed E-state index contributed by atoms with van der Waals surface area (Å²) >= 11 is 0. The van der Waals surface area contributed by atoms with Crippen LogP contribution in [0.15, 0.2) is 18.2 Å². The normalized spacial score (nSPS) is 10.6. The van der Waals surface area contributed by atoms with Gasteiger partial charge in [0.15, 0.2) is 0 Å². The predicted molar refractivity (Wildman–Crippen MR) is 60.5 cm³/mol. The number of rotatable bonds is 3. The van der Waals surface area contributed by atoms with E-state index < -0.39 is 0 Å². The van der Waals surface area contributed by atoms with Crippen LogP contribution in [-0.4, -0.2) is 28.7 Å². The molecule has 0 unspecified atom stereocenters. The molecule has 2 rings (SSSR count). The van der Waals surface area contributed by atoms with E-state index in [1.807, 2.05) is 0 Å². The molecule has 16 heavy (non-hydrogen) atoms. The molecule has 0 radical (unpaired) electrons. The summed E-state index contributed by atoms with van der Waals surface area (Å²) in [6.07, 6.45) is 0.585. The van der Waals surface area contributed by atoms with Crippen molar-refractivity contribution in [3.8, 4) is 11.6 Å². The van der Waals surface area contributed by atoms with Crippen LogP contribution in [0.4, 0.5) is 0 Å². The monoisotopic (exact) mass is 219 g/mol. The lowest BCUT2D eigenvalue weighted by atomic mass is 10.2. The Kier molecular flexibility index (Phi) is 2.87. The van der Waals surface area contributed by atoms with E-state index in [1.165, 1.54) is 0 Å². The van der Waals surface area contributed by atoms with Crippen molar-refractivity contribution in [3.05, 3.63) is 24.0 Å². The third-order valence-electron chi connectivity index (χ3n) is 2.25. The molecule has 1 aromatic carbocycles. The minimum absolute atomic E-state index is 0.173. The van der Waals surface area contributed by atoms with Gasteiger partial charge in [0, 0.05) is 12.5 Å². The summed E-state index contributed by atoms with van der Waals surface area (Å²) in [7, 11) is 1.56. The summed E-state index contributed by atoms with van der Waals surface area (Å²) in [5.74, 6) is 1.30. The summed E-state index contributed by atoms with van der Waals surface area (Å²) in [4.78, 5) is 8.55. The van der Waals surface area contributed by atoms with Crippen molar-refractivity contribution in [2.75, 3.05) is 13.7 Å². The summed E-state index contributed by atoms with van der Waals surface area (Å²) in [5.41, 5.74) is 6.12. The van der Waals surface area contributed by atoms with Crippen LogP contribution in [0.25, 0.3) is 10.9 Å². The maximum atomic E-state index is 9.39. The molecule has 0 spiro atoms. The zero-order valence-corrected chi connectivity index (χ0v) is 8.97. The molecule has 0 aliphatic rings. The highest BCUT2D eigenvalue weighted by Crippen LogP contribution is 2.25. The molecule has 0 atom stereocenters. The average molecular weight is 219 g/mol. The Morgan fingerprint density at radius 2 is 2.19 bits per heavy atom. The Bertz CT molecular complexity index is 514. The van der Waals surface area contributed by atoms with Crippen molar-refractivity contribution >= 4 is 10.9 Å². The Morgan fingerprint density at radius 3 is 2.88 bits per heavy atom. The summed E-state index contributed by atoms with van der Waals surface area (Å²) < 4.78 is 5.18. The van der Waals surface area contributed by atoms with Gasteiger partial charge in [0.2, 0.25) is 5.88 Å². The van der Waals surface area contributed by atoms with Crippen LogP contribution in [-0.2, 0) is 6.42 Å². The lowest BCUT2D eigenvalue weighted by Crippen LogP contribution is -2.07. The molecule has 0 saturated heterocycles. The summed E-state index contributed by atoms with van der Waals surface area (Å²) in [5, 5.41) is 10.2. The number of methoxy groups -OCH3 is 1. The van der Waals surface area contributed by atoms with E-state index in [0.29, 0.717) is 30.2 Å². The molecule has 0 bridgehead atoms. The molecule has 0 aliphatic carbocycles. The van der Waals surface area contributed by atoms with Crippen LogP contribution >= 0.6 is 0 Å². The highest BCUT2D eigenvalue weighted by Gasteiger charge is 2.08. The minimum Gasteiger partial charge on any atom is -0.508 e. The van der Waals surface area contributed by atoms with Crippen LogP contribution in [0.2, 0.25) is 0 Å². The zero-order chi connectivity index (χ0) is 11.5. The number of aromatic nitrogens is 2. The van der Waals surface area contributed by atoms with Crippen LogP contribution in [0.1, 0.15) is 5.82 Å². The number of nitrogens with two attached hydrogens (primary N) is 1. The number of hydrogen-bond donors (Lipinski definition) is 2. The lowest BCUT2D eigenvalue weighted by Gasteiger charge is -2.06. The molecule has 5 heteroatoms. The first-order chi connectivity index (χ1) is 7.74. The Morgan fingerprint density at radius 1 is 1.38 bits per heavy atom. The van der Waals surface area contributed by atoms with Crippen LogP contribution in [0.3, 0.4) is 0 Å². The third-order valence-corrected chi connectivity index (χ3v) is 2.25. The number of aromatic hydroxyl groups is 1. The molecule has 0 saturated carbocycles. The van der Waals surface area contributed by atoms with Gasteiger partial charge in [-0.3, -0.25) is 0 Å². The minimum atomic E-state index is 0.173. The quantitative estimate of drug-likeness (QED) is 0.799. The van der Waals surface area contributed by atoms with Crippen molar-refractivity contribution < 1.29 is 9.84 Å². The van der Waals surface area contributed by atoms with Crippen molar-refractivity contribution in [3.63, 3.8) is 0 Å². The first kappa shape index (κ1) is 10.6. The topological polar surface area (TPSA) is 81.3 Å². The third kappa shape index (κ3) is 1.90. The Balaban J connectivity index is 2.63. The lowest BCUT2D eigenvalue weighted by molar-refractivity contribution is 0.400. The van der Waals surface area contributed by atoms with Crippen molar-refractivity contribution in [1.82, 2.24) is 9.97 Å². The van der Waals surface area contributed by atoms with Crippen molar-refractivity contribution in [2.24, 2.45) is 5.73 Å². The molecular formula is C11H13N3O2. The maximum Gasteiger partial charge on any atom is 0.224 e. The fraction of sp³-hybridized carbons (Fsp3) is 0.273. The van der Waals surface area contributed by atoms with Gasteiger partial charge in [0.25, 0.3) is 0 Å². The Hall–Kier alpha value is -1.88. The van der Waals surface area contributed by atoms with Gasteiger partial charge in [0.1, 0.15) is 11.6 Å². The van der Waals surface area contributed by atoms with Gasteiger partial charge in [-0.1, -0.05) is 0 Å². The van der Waals surface area contributed by atoms with Gasteiger partial charge >= 0.3 is 0 Å². The number of hydrogen-bond acceptors (Lipinski definition) is 5. The highest BCUT2D eigenvalue weighted by atomic mass is 16.5. The number of benzene rings is 1. The molecule has 2 aromatic rings. The SMILES string of the molecule is COc1nc(CCN)nc2cc(O)ccc12. The summed E-state index contributed by atoms with van der Waals surface area (Å²) in [6.45, 7) is 0.480.